The maximum Gasteiger partial charge on any atom is 0.274 e. The highest BCUT2D eigenvalue weighted by Gasteiger charge is 2.21. The number of fused-ring (bicyclic) bond motifs is 2. The molecule has 1 aliphatic heterocycles. The van der Waals surface area contributed by atoms with Crippen LogP contribution in [0.1, 0.15) is 42.3 Å². The Kier molecular flexibility index (Phi) is 6.88. The number of hydrogen-bond acceptors (Lipinski definition) is 5. The molecule has 3 heterocycles. The molecule has 1 atom stereocenters. The minimum Gasteiger partial charge on any atom is -0.487 e. The summed E-state index contributed by atoms with van der Waals surface area (Å²) in [5.74, 6) is 0.800. The zero-order valence-electron chi connectivity index (χ0n) is 21.7. The largest absolute Gasteiger partial charge is 0.487 e. The van der Waals surface area contributed by atoms with Crippen LogP contribution in [-0.2, 0) is 13.0 Å². The van der Waals surface area contributed by atoms with Gasteiger partial charge in [0.1, 0.15) is 12.4 Å². The molecule has 6 rings (SSSR count). The van der Waals surface area contributed by atoms with E-state index in [9.17, 15) is 4.79 Å². The van der Waals surface area contributed by atoms with Crippen molar-refractivity contribution in [2.24, 2.45) is 0 Å². The van der Waals surface area contributed by atoms with Crippen LogP contribution in [0.3, 0.4) is 0 Å². The minimum absolute atomic E-state index is 0.0185. The number of aromatic nitrogens is 3. The molecular weight excluding hydrogens is 472 g/mol. The van der Waals surface area contributed by atoms with Crippen LogP contribution in [0, 0.1) is 0 Å². The number of hydrogen-bond donors (Lipinski definition) is 0. The molecule has 2 aromatic heterocycles. The van der Waals surface area contributed by atoms with Gasteiger partial charge in [0.2, 0.25) is 0 Å². The fourth-order valence-electron chi connectivity index (χ4n) is 5.36. The Hall–Kier alpha value is -4.03. The highest BCUT2D eigenvalue weighted by molar-refractivity contribution is 5.83. The molecule has 5 aromatic rings. The van der Waals surface area contributed by atoms with Crippen LogP contribution in [0.2, 0.25) is 0 Å². The van der Waals surface area contributed by atoms with Crippen molar-refractivity contribution in [1.29, 1.82) is 0 Å². The van der Waals surface area contributed by atoms with Crippen molar-refractivity contribution in [3.8, 4) is 5.75 Å². The number of rotatable bonds is 6. The van der Waals surface area contributed by atoms with Crippen molar-refractivity contribution in [1.82, 2.24) is 19.7 Å². The van der Waals surface area contributed by atoms with Crippen LogP contribution in [-0.4, -0.2) is 39.8 Å². The molecule has 6 heteroatoms. The van der Waals surface area contributed by atoms with Gasteiger partial charge in [0.05, 0.1) is 28.3 Å². The molecule has 3 aromatic carbocycles. The second-order valence-corrected chi connectivity index (χ2v) is 10.2. The second kappa shape index (κ2) is 10.8. The van der Waals surface area contributed by atoms with Gasteiger partial charge in [-0.15, -0.1) is 0 Å². The van der Waals surface area contributed by atoms with E-state index in [0.717, 1.165) is 76.7 Å². The van der Waals surface area contributed by atoms with Crippen molar-refractivity contribution in [2.45, 2.75) is 38.3 Å². The monoisotopic (exact) mass is 504 g/mol. The summed E-state index contributed by atoms with van der Waals surface area (Å²) < 4.78 is 7.79. The molecule has 0 radical (unpaired) electrons. The van der Waals surface area contributed by atoms with Crippen molar-refractivity contribution in [3.05, 3.63) is 112 Å². The van der Waals surface area contributed by atoms with E-state index in [1.54, 1.807) is 4.68 Å². The van der Waals surface area contributed by atoms with Gasteiger partial charge in [0.15, 0.2) is 0 Å². The molecule has 1 saturated heterocycles. The minimum atomic E-state index is 0.0185. The quantitative estimate of drug-likeness (QED) is 0.294. The van der Waals surface area contributed by atoms with E-state index in [-0.39, 0.29) is 11.6 Å². The Balaban J connectivity index is 1.21. The summed E-state index contributed by atoms with van der Waals surface area (Å²) in [6.07, 6.45) is 3.65. The Bertz CT molecular complexity index is 1630. The number of ether oxygens (including phenoxy) is 1. The van der Waals surface area contributed by atoms with Gasteiger partial charge < -0.3 is 9.64 Å². The maximum absolute atomic E-state index is 13.4. The Morgan fingerprint density at radius 1 is 0.868 bits per heavy atom. The van der Waals surface area contributed by atoms with Crippen molar-refractivity contribution < 1.29 is 4.74 Å². The number of likely N-dealkylation sites (tertiary alicyclic amines) is 1. The SMILES string of the molecule is CN1CCCC(n2nc(Cc3ccc(OCc4ccc5ccccc5n4)cc3)c3ccccc3c2=O)CC1. The van der Waals surface area contributed by atoms with E-state index in [1.807, 2.05) is 60.7 Å². The summed E-state index contributed by atoms with van der Waals surface area (Å²) in [5.41, 5.74) is 3.96. The highest BCUT2D eigenvalue weighted by Crippen LogP contribution is 2.24. The fourth-order valence-corrected chi connectivity index (χ4v) is 5.36. The van der Waals surface area contributed by atoms with Crippen molar-refractivity contribution in [3.63, 3.8) is 0 Å². The third-order valence-corrected chi connectivity index (χ3v) is 7.51. The molecule has 0 bridgehead atoms. The Morgan fingerprint density at radius 2 is 1.66 bits per heavy atom. The summed E-state index contributed by atoms with van der Waals surface area (Å²) in [6, 6.07) is 28.3. The van der Waals surface area contributed by atoms with Gasteiger partial charge in [-0.3, -0.25) is 4.79 Å². The zero-order valence-corrected chi connectivity index (χ0v) is 21.7. The highest BCUT2D eigenvalue weighted by atomic mass is 16.5. The van der Waals surface area contributed by atoms with E-state index in [2.05, 4.69) is 36.2 Å². The van der Waals surface area contributed by atoms with Gasteiger partial charge in [0, 0.05) is 17.2 Å². The number of pyridine rings is 1. The van der Waals surface area contributed by atoms with Crippen LogP contribution >= 0.6 is 0 Å². The summed E-state index contributed by atoms with van der Waals surface area (Å²) in [5, 5.41) is 7.76. The molecule has 0 saturated carbocycles. The van der Waals surface area contributed by atoms with Crippen LogP contribution < -0.4 is 10.3 Å². The first-order valence-corrected chi connectivity index (χ1v) is 13.4. The average molecular weight is 505 g/mol. The van der Waals surface area contributed by atoms with Crippen LogP contribution in [0.5, 0.6) is 5.75 Å². The zero-order chi connectivity index (χ0) is 25.9. The third-order valence-electron chi connectivity index (χ3n) is 7.51. The lowest BCUT2D eigenvalue weighted by Gasteiger charge is -2.19. The Labute approximate surface area is 222 Å². The van der Waals surface area contributed by atoms with Gasteiger partial charge in [-0.2, -0.15) is 5.10 Å². The normalized spacial score (nSPS) is 16.5. The van der Waals surface area contributed by atoms with Gasteiger partial charge in [0.25, 0.3) is 5.56 Å². The van der Waals surface area contributed by atoms with Crippen LogP contribution in [0.4, 0.5) is 0 Å². The number of nitrogens with zero attached hydrogens (tertiary/aromatic N) is 4. The lowest BCUT2D eigenvalue weighted by Crippen LogP contribution is -2.29. The molecule has 1 aliphatic rings. The van der Waals surface area contributed by atoms with E-state index in [1.165, 1.54) is 0 Å². The first-order valence-electron chi connectivity index (χ1n) is 13.4. The molecule has 6 nitrogen and oxygen atoms in total. The smallest absolute Gasteiger partial charge is 0.274 e. The summed E-state index contributed by atoms with van der Waals surface area (Å²) in [7, 11) is 2.15. The molecule has 38 heavy (non-hydrogen) atoms. The number of para-hydroxylation sites is 1. The summed E-state index contributed by atoms with van der Waals surface area (Å²) >= 11 is 0. The molecule has 0 aliphatic carbocycles. The van der Waals surface area contributed by atoms with E-state index in [0.29, 0.717) is 13.0 Å². The lowest BCUT2D eigenvalue weighted by atomic mass is 10.0. The number of benzene rings is 3. The summed E-state index contributed by atoms with van der Waals surface area (Å²) in [6.45, 7) is 2.46. The van der Waals surface area contributed by atoms with Gasteiger partial charge in [-0.1, -0.05) is 54.6 Å². The molecule has 1 unspecified atom stereocenters. The first kappa shape index (κ1) is 24.3. The lowest BCUT2D eigenvalue weighted by molar-refractivity contribution is 0.301. The maximum atomic E-state index is 13.4. The molecule has 192 valence electrons. The van der Waals surface area contributed by atoms with Gasteiger partial charge >= 0.3 is 0 Å². The van der Waals surface area contributed by atoms with Gasteiger partial charge in [-0.05, 0) is 75.3 Å². The molecule has 0 spiro atoms. The van der Waals surface area contributed by atoms with Crippen molar-refractivity contribution in [2.75, 3.05) is 20.1 Å². The van der Waals surface area contributed by atoms with Crippen molar-refractivity contribution >= 4 is 21.7 Å². The van der Waals surface area contributed by atoms with Crippen LogP contribution in [0.15, 0.2) is 89.7 Å². The Morgan fingerprint density at radius 3 is 2.53 bits per heavy atom. The standard InChI is InChI=1S/C32H32N4O2/c1-35-19-6-8-26(18-20-35)36-32(37)29-10-4-3-9-28(29)31(34-36)21-23-12-16-27(17-13-23)38-22-25-15-14-24-7-2-5-11-30(24)33-25/h2-5,7,9-17,26H,6,8,18-22H2,1H3. The third kappa shape index (κ3) is 5.18. The summed E-state index contributed by atoms with van der Waals surface area (Å²) in [4.78, 5) is 20.4. The first-order chi connectivity index (χ1) is 18.6. The fraction of sp³-hybridized carbons (Fsp3) is 0.281. The average Bonchev–Trinajstić information content (AvgIpc) is 3.18. The second-order valence-electron chi connectivity index (χ2n) is 10.2. The molecule has 0 N–H and O–H groups in total. The topological polar surface area (TPSA) is 60.3 Å². The molecule has 1 fully saturated rings. The predicted octanol–water partition coefficient (Wildman–Crippen LogP) is 5.77. The van der Waals surface area contributed by atoms with E-state index < -0.39 is 0 Å². The molecule has 0 amide bonds. The van der Waals surface area contributed by atoms with E-state index in [4.69, 9.17) is 14.8 Å². The predicted molar refractivity (Wildman–Crippen MR) is 152 cm³/mol. The van der Waals surface area contributed by atoms with Crippen LogP contribution in [0.25, 0.3) is 21.7 Å². The van der Waals surface area contributed by atoms with Gasteiger partial charge in [-0.25, -0.2) is 9.67 Å². The van der Waals surface area contributed by atoms with E-state index >= 15 is 0 Å². The molecular formula is C32H32N4O2.